The maximum atomic E-state index is 14.0. The van der Waals surface area contributed by atoms with Crippen LogP contribution in [0.3, 0.4) is 0 Å². The van der Waals surface area contributed by atoms with Crippen LogP contribution in [0, 0.1) is 18.3 Å². The van der Waals surface area contributed by atoms with Crippen molar-refractivity contribution in [2.45, 2.75) is 72.1 Å². The van der Waals surface area contributed by atoms with E-state index >= 15 is 0 Å². The average Bonchev–Trinajstić information content (AvgIpc) is 3.11. The molecule has 1 aliphatic rings. The van der Waals surface area contributed by atoms with Crippen molar-refractivity contribution in [3.05, 3.63) is 130 Å². The molecule has 0 heterocycles. The van der Waals surface area contributed by atoms with Crippen molar-refractivity contribution in [3.8, 4) is 11.1 Å². The zero-order valence-electron chi connectivity index (χ0n) is 30.1. The minimum atomic E-state index is -3.84. The number of hydrogen-bond acceptors (Lipinski definition) is 6. The minimum Gasteiger partial charge on any atom is -0.326 e. The van der Waals surface area contributed by atoms with E-state index in [4.69, 9.17) is 16.9 Å². The molecule has 10 heteroatoms. The number of Topliss-reactive ketones (excluding diaryl/α,β-unsaturated/α-hetero) is 1. The maximum Gasteiger partial charge on any atom is 0.235 e. The molecule has 0 radical (unpaired) electrons. The molecule has 4 aromatic rings. The van der Waals surface area contributed by atoms with Gasteiger partial charge in [-0.15, -0.1) is 4.99 Å². The Kier molecular flexibility index (Phi) is 12.9. The molecule has 2 atom stereocenters. The first-order valence-corrected chi connectivity index (χ1v) is 19.6. The fraction of sp³-hybridized carbons (Fsp3) is 0.333. The molecule has 274 valence electrons. The molecule has 3 N–H and O–H groups in total. The molecule has 0 saturated carbocycles. The molecule has 0 saturated heterocycles. The summed E-state index contributed by atoms with van der Waals surface area (Å²) in [5.41, 5.74) is 8.87. The van der Waals surface area contributed by atoms with Gasteiger partial charge in [0.05, 0.1) is 11.7 Å². The van der Waals surface area contributed by atoms with E-state index in [2.05, 4.69) is 49.3 Å². The quantitative estimate of drug-likeness (QED) is 0.0672. The Hall–Kier alpha value is -4.12. The topological polar surface area (TPSA) is 122 Å². The Morgan fingerprint density at radius 3 is 2.21 bits per heavy atom. The second-order valence-electron chi connectivity index (χ2n) is 14.7. The zero-order chi connectivity index (χ0) is 37.5. The van der Waals surface area contributed by atoms with Gasteiger partial charge in [0, 0.05) is 22.7 Å². The second-order valence-corrected chi connectivity index (χ2v) is 16.9. The van der Waals surface area contributed by atoms with Crippen LogP contribution in [0.1, 0.15) is 91.4 Å². The summed E-state index contributed by atoms with van der Waals surface area (Å²) in [6.45, 7) is 8.94. The van der Waals surface area contributed by atoms with Gasteiger partial charge in [-0.1, -0.05) is 110 Å². The predicted molar refractivity (Wildman–Crippen MR) is 209 cm³/mol. The molecule has 1 amide bonds. The van der Waals surface area contributed by atoms with Gasteiger partial charge in [0.15, 0.2) is 5.78 Å². The predicted octanol–water partition coefficient (Wildman–Crippen LogP) is 9.80. The molecule has 0 spiro atoms. The molecule has 5 rings (SSSR count). The Bertz CT molecular complexity index is 2000. The Morgan fingerprint density at radius 2 is 1.62 bits per heavy atom. The third kappa shape index (κ3) is 10.5. The molecule has 0 fully saturated rings. The van der Waals surface area contributed by atoms with E-state index in [0.717, 1.165) is 47.1 Å². The minimum absolute atomic E-state index is 0.00668. The van der Waals surface area contributed by atoms with Crippen molar-refractivity contribution in [3.63, 3.8) is 0 Å². The maximum absolute atomic E-state index is 14.0. The largest absolute Gasteiger partial charge is 0.326 e. The van der Waals surface area contributed by atoms with Crippen LogP contribution in [0.2, 0.25) is 5.02 Å². The Labute approximate surface area is 312 Å². The molecule has 8 nitrogen and oxygen atoms in total. The van der Waals surface area contributed by atoms with Crippen LogP contribution in [0.5, 0.6) is 0 Å². The fourth-order valence-corrected chi connectivity index (χ4v) is 7.76. The summed E-state index contributed by atoms with van der Waals surface area (Å²) in [5, 5.41) is 12.1. The highest BCUT2D eigenvalue weighted by Gasteiger charge is 2.27. The lowest BCUT2D eigenvalue weighted by molar-refractivity contribution is -0.268. The molecule has 4 aromatic carbocycles. The lowest BCUT2D eigenvalue weighted by atomic mass is 9.72. The number of rotatable bonds is 14. The van der Waals surface area contributed by atoms with Crippen LogP contribution in [-0.4, -0.2) is 31.1 Å². The third-order valence-corrected chi connectivity index (χ3v) is 11.4. The summed E-state index contributed by atoms with van der Waals surface area (Å²) in [7, 11) is -3.84. The summed E-state index contributed by atoms with van der Waals surface area (Å²) in [4.78, 5) is 31.8. The van der Waals surface area contributed by atoms with Crippen LogP contribution in [0.4, 0.5) is 5.69 Å². The highest BCUT2D eigenvalue weighted by atomic mass is 35.5. The number of carbonyl (C=O) groups excluding carboxylic acids is 2. The van der Waals surface area contributed by atoms with E-state index in [1.807, 2.05) is 73.7 Å². The van der Waals surface area contributed by atoms with Gasteiger partial charge >= 0.3 is 0 Å². The first-order chi connectivity index (χ1) is 24.7. The Morgan fingerprint density at radius 1 is 0.942 bits per heavy atom. The number of ketones is 1. The van der Waals surface area contributed by atoms with E-state index in [-0.39, 0.29) is 35.7 Å². The van der Waals surface area contributed by atoms with Gasteiger partial charge in [-0.25, -0.2) is 13.7 Å². The van der Waals surface area contributed by atoms with Crippen molar-refractivity contribution in [2.75, 3.05) is 11.1 Å². The van der Waals surface area contributed by atoms with Gasteiger partial charge in [0.2, 0.25) is 15.9 Å². The monoisotopic (exact) mass is 742 g/mol. The number of carbonyl (C=O) groups is 2. The third-order valence-electron chi connectivity index (χ3n) is 9.98. The van der Waals surface area contributed by atoms with Gasteiger partial charge in [0.1, 0.15) is 0 Å². The SMILES string of the molecule is Cc1cc(Cl)ccc1-c1ccc(NC(=O)[C@H](Cc2ccc(C(=O)CCCS(=O)(=O)NOO)cc2)c2ccc(C3=CC[C@@H](C(C)(C)C)CC3)cc2)cc1. The lowest BCUT2D eigenvalue weighted by Gasteiger charge is -2.33. The Balaban J connectivity index is 1.33. The number of hydrogen-bond donors (Lipinski definition) is 3. The summed E-state index contributed by atoms with van der Waals surface area (Å²) in [5.74, 6) is -0.569. The molecule has 1 aliphatic carbocycles. The number of halogens is 1. The first kappa shape index (κ1) is 39.1. The van der Waals surface area contributed by atoms with Crippen LogP contribution in [-0.2, 0) is 26.2 Å². The first-order valence-electron chi connectivity index (χ1n) is 17.6. The summed E-state index contributed by atoms with van der Waals surface area (Å²) in [6, 6.07) is 29.0. The van der Waals surface area contributed by atoms with Crippen molar-refractivity contribution < 1.29 is 28.3 Å². The van der Waals surface area contributed by atoms with Crippen molar-refractivity contribution in [1.82, 2.24) is 4.89 Å². The zero-order valence-corrected chi connectivity index (χ0v) is 31.7. The highest BCUT2D eigenvalue weighted by Crippen LogP contribution is 2.40. The standard InChI is InChI=1S/C42H47ClN2O6S/c1-28-26-36(43)21-24-38(28)32-17-22-37(23-18-32)44-41(47)39(33-13-11-30(12-14-33)31-15-19-35(20-16-31)42(2,3)4)27-29-7-9-34(10-8-29)40(46)6-5-25-52(49,50)45-51-48/h7-15,17-18,21-24,26,35,39,45,48H,5-6,16,19-20,25,27H2,1-4H3,(H,44,47)/t35-,39-/m1/s1. The number of amides is 1. The van der Waals surface area contributed by atoms with Crippen LogP contribution in [0.15, 0.2) is 97.1 Å². The smallest absolute Gasteiger partial charge is 0.235 e. The van der Waals surface area contributed by atoms with Gasteiger partial charge in [-0.3, -0.25) is 9.59 Å². The number of anilines is 1. The number of nitrogens with one attached hydrogen (secondary N) is 2. The molecule has 0 aromatic heterocycles. The fourth-order valence-electron chi connectivity index (χ4n) is 6.82. The number of benzene rings is 4. The molecular formula is C42H47ClN2O6S. The van der Waals surface area contributed by atoms with Gasteiger partial charge in [0.25, 0.3) is 0 Å². The van der Waals surface area contributed by atoms with Crippen LogP contribution >= 0.6 is 11.6 Å². The van der Waals surface area contributed by atoms with E-state index in [0.29, 0.717) is 28.6 Å². The number of sulfonamides is 1. The molecular weight excluding hydrogens is 696 g/mol. The van der Waals surface area contributed by atoms with Crippen LogP contribution < -0.4 is 10.2 Å². The van der Waals surface area contributed by atoms with Crippen LogP contribution in [0.25, 0.3) is 16.7 Å². The normalized spacial score (nSPS) is 15.5. The van der Waals surface area contributed by atoms with E-state index in [1.54, 1.807) is 12.1 Å². The molecule has 0 aliphatic heterocycles. The average molecular weight is 743 g/mol. The summed E-state index contributed by atoms with van der Waals surface area (Å²) >= 11 is 6.16. The van der Waals surface area contributed by atoms with Crippen molar-refractivity contribution in [1.29, 1.82) is 0 Å². The molecule has 0 bridgehead atoms. The molecule has 0 unspecified atom stereocenters. The summed E-state index contributed by atoms with van der Waals surface area (Å²) < 4.78 is 23.4. The van der Waals surface area contributed by atoms with Gasteiger partial charge in [-0.05, 0) is 114 Å². The lowest BCUT2D eigenvalue weighted by Crippen LogP contribution is -2.25. The van der Waals surface area contributed by atoms with Gasteiger partial charge < -0.3 is 5.32 Å². The summed E-state index contributed by atoms with van der Waals surface area (Å²) in [6.07, 6.45) is 6.10. The second kappa shape index (κ2) is 17.1. The highest BCUT2D eigenvalue weighted by molar-refractivity contribution is 7.89. The number of allylic oxidation sites excluding steroid dienone is 2. The molecule has 52 heavy (non-hydrogen) atoms. The van der Waals surface area contributed by atoms with Gasteiger partial charge in [-0.2, -0.15) is 0 Å². The number of aryl methyl sites for hydroxylation is 1. The van der Waals surface area contributed by atoms with Crippen molar-refractivity contribution in [2.24, 2.45) is 11.3 Å². The van der Waals surface area contributed by atoms with E-state index in [1.165, 1.54) is 16.0 Å². The van der Waals surface area contributed by atoms with E-state index < -0.39 is 15.9 Å². The van der Waals surface area contributed by atoms with E-state index in [9.17, 15) is 18.0 Å². The van der Waals surface area contributed by atoms with Crippen molar-refractivity contribution >= 4 is 44.6 Å².